The SMILES string of the molecule is CCCCC(CN)Nc1ccc([N+](=O)[O-])c(OC)c1. The fourth-order valence-electron chi connectivity index (χ4n) is 1.85. The van der Waals surface area contributed by atoms with Gasteiger partial charge in [-0.25, -0.2) is 0 Å². The second-order valence-electron chi connectivity index (χ2n) is 4.36. The zero-order chi connectivity index (χ0) is 14.3. The fourth-order valence-corrected chi connectivity index (χ4v) is 1.85. The number of hydrogen-bond acceptors (Lipinski definition) is 5. The zero-order valence-electron chi connectivity index (χ0n) is 11.4. The van der Waals surface area contributed by atoms with Crippen LogP contribution in [0, 0.1) is 10.1 Å². The van der Waals surface area contributed by atoms with Crippen molar-refractivity contribution >= 4 is 11.4 Å². The number of nitrogens with zero attached hydrogens (tertiary/aromatic N) is 1. The van der Waals surface area contributed by atoms with Gasteiger partial charge in [0.1, 0.15) is 0 Å². The summed E-state index contributed by atoms with van der Waals surface area (Å²) in [6.07, 6.45) is 3.19. The van der Waals surface area contributed by atoms with E-state index in [0.29, 0.717) is 6.54 Å². The van der Waals surface area contributed by atoms with E-state index < -0.39 is 4.92 Å². The molecule has 0 fully saturated rings. The Morgan fingerprint density at radius 2 is 2.26 bits per heavy atom. The molecule has 6 nitrogen and oxygen atoms in total. The first-order valence-electron chi connectivity index (χ1n) is 6.41. The molecular formula is C13H21N3O3. The lowest BCUT2D eigenvalue weighted by molar-refractivity contribution is -0.385. The molecule has 1 aromatic carbocycles. The highest BCUT2D eigenvalue weighted by atomic mass is 16.6. The first kappa shape index (κ1) is 15.2. The van der Waals surface area contributed by atoms with E-state index in [4.69, 9.17) is 10.5 Å². The molecule has 0 aliphatic carbocycles. The van der Waals surface area contributed by atoms with E-state index in [1.54, 1.807) is 12.1 Å². The molecule has 0 aliphatic heterocycles. The predicted molar refractivity (Wildman–Crippen MR) is 75.6 cm³/mol. The molecular weight excluding hydrogens is 246 g/mol. The fraction of sp³-hybridized carbons (Fsp3) is 0.538. The molecule has 1 atom stereocenters. The number of nitrogens with two attached hydrogens (primary N) is 1. The quantitative estimate of drug-likeness (QED) is 0.558. The lowest BCUT2D eigenvalue weighted by Crippen LogP contribution is -2.28. The number of methoxy groups -OCH3 is 1. The molecule has 0 amide bonds. The lowest BCUT2D eigenvalue weighted by atomic mass is 10.1. The number of ether oxygens (including phenoxy) is 1. The molecule has 0 aliphatic rings. The highest BCUT2D eigenvalue weighted by molar-refractivity contribution is 5.58. The Labute approximate surface area is 113 Å². The van der Waals surface area contributed by atoms with Crippen molar-refractivity contribution in [3.05, 3.63) is 28.3 Å². The molecule has 1 unspecified atom stereocenters. The number of nitro groups is 1. The minimum absolute atomic E-state index is 0.0362. The summed E-state index contributed by atoms with van der Waals surface area (Å²) in [5, 5.41) is 14.1. The number of nitro benzene ring substituents is 1. The zero-order valence-corrected chi connectivity index (χ0v) is 11.4. The van der Waals surface area contributed by atoms with E-state index in [9.17, 15) is 10.1 Å². The van der Waals surface area contributed by atoms with Gasteiger partial charge in [-0.1, -0.05) is 19.8 Å². The molecule has 0 bridgehead atoms. The van der Waals surface area contributed by atoms with E-state index in [1.807, 2.05) is 0 Å². The predicted octanol–water partition coefficient (Wildman–Crippen LogP) is 2.53. The highest BCUT2D eigenvalue weighted by Crippen LogP contribution is 2.30. The molecule has 0 saturated carbocycles. The van der Waals surface area contributed by atoms with Crippen LogP contribution in [0.3, 0.4) is 0 Å². The van der Waals surface area contributed by atoms with Gasteiger partial charge in [-0.3, -0.25) is 10.1 Å². The summed E-state index contributed by atoms with van der Waals surface area (Å²) in [7, 11) is 1.42. The van der Waals surface area contributed by atoms with Crippen molar-refractivity contribution in [3.8, 4) is 5.75 Å². The smallest absolute Gasteiger partial charge is 0.311 e. The molecule has 0 radical (unpaired) electrons. The molecule has 0 spiro atoms. The van der Waals surface area contributed by atoms with E-state index in [1.165, 1.54) is 13.2 Å². The third kappa shape index (κ3) is 4.40. The Kier molecular flexibility index (Phi) is 6.08. The first-order chi connectivity index (χ1) is 9.12. The number of hydrogen-bond donors (Lipinski definition) is 2. The van der Waals surface area contributed by atoms with Crippen LogP contribution < -0.4 is 15.8 Å². The summed E-state index contributed by atoms with van der Waals surface area (Å²) in [5.41, 5.74) is 6.46. The molecule has 1 rings (SSSR count). The van der Waals surface area contributed by atoms with Gasteiger partial charge in [-0.05, 0) is 12.5 Å². The number of rotatable bonds is 8. The number of anilines is 1. The monoisotopic (exact) mass is 267 g/mol. The molecule has 0 aromatic heterocycles. The van der Waals surface area contributed by atoms with Crippen LogP contribution in [0.4, 0.5) is 11.4 Å². The topological polar surface area (TPSA) is 90.4 Å². The van der Waals surface area contributed by atoms with Gasteiger partial charge in [0, 0.05) is 30.4 Å². The molecule has 1 aromatic rings. The molecule has 0 saturated heterocycles. The van der Waals surface area contributed by atoms with Gasteiger partial charge in [0.25, 0.3) is 0 Å². The van der Waals surface area contributed by atoms with Gasteiger partial charge in [0.15, 0.2) is 5.75 Å². The second kappa shape index (κ2) is 7.58. The summed E-state index contributed by atoms with van der Waals surface area (Å²) < 4.78 is 5.03. The Morgan fingerprint density at radius 1 is 1.53 bits per heavy atom. The summed E-state index contributed by atoms with van der Waals surface area (Å²) in [6.45, 7) is 2.65. The number of nitrogens with one attached hydrogen (secondary N) is 1. The van der Waals surface area contributed by atoms with Crippen LogP contribution in [-0.2, 0) is 0 Å². The molecule has 3 N–H and O–H groups in total. The van der Waals surface area contributed by atoms with Crippen LogP contribution in [0.15, 0.2) is 18.2 Å². The standard InChI is InChI=1S/C13H21N3O3/c1-3-4-5-11(9-14)15-10-6-7-12(16(17)18)13(8-10)19-2/h6-8,11,15H,3-5,9,14H2,1-2H3. The van der Waals surface area contributed by atoms with E-state index in [-0.39, 0.29) is 17.5 Å². The van der Waals surface area contributed by atoms with Crippen molar-refractivity contribution in [3.63, 3.8) is 0 Å². The highest BCUT2D eigenvalue weighted by Gasteiger charge is 2.15. The van der Waals surface area contributed by atoms with E-state index in [0.717, 1.165) is 24.9 Å². The Bertz CT molecular complexity index is 424. The third-order valence-electron chi connectivity index (χ3n) is 2.94. The van der Waals surface area contributed by atoms with Crippen molar-refractivity contribution in [2.45, 2.75) is 32.2 Å². The Morgan fingerprint density at radius 3 is 2.79 bits per heavy atom. The van der Waals surface area contributed by atoms with Crippen molar-refractivity contribution in [1.29, 1.82) is 0 Å². The van der Waals surface area contributed by atoms with Crippen molar-refractivity contribution < 1.29 is 9.66 Å². The lowest BCUT2D eigenvalue weighted by Gasteiger charge is -2.18. The van der Waals surface area contributed by atoms with Crippen LogP contribution in [-0.4, -0.2) is 24.6 Å². The normalized spacial score (nSPS) is 11.9. The van der Waals surface area contributed by atoms with Crippen molar-refractivity contribution in [2.24, 2.45) is 5.73 Å². The minimum Gasteiger partial charge on any atom is -0.490 e. The Balaban J connectivity index is 2.81. The van der Waals surface area contributed by atoms with Crippen LogP contribution in [0.25, 0.3) is 0 Å². The molecule has 106 valence electrons. The van der Waals surface area contributed by atoms with Crippen LogP contribution in [0.5, 0.6) is 5.75 Å². The van der Waals surface area contributed by atoms with Crippen LogP contribution in [0.2, 0.25) is 0 Å². The molecule has 6 heteroatoms. The summed E-state index contributed by atoms with van der Waals surface area (Å²) >= 11 is 0. The summed E-state index contributed by atoms with van der Waals surface area (Å²) in [4.78, 5) is 10.3. The van der Waals surface area contributed by atoms with E-state index >= 15 is 0 Å². The maximum atomic E-state index is 10.8. The first-order valence-corrected chi connectivity index (χ1v) is 6.41. The number of benzene rings is 1. The summed E-state index contributed by atoms with van der Waals surface area (Å²) in [6, 6.07) is 4.92. The van der Waals surface area contributed by atoms with Gasteiger partial charge >= 0.3 is 5.69 Å². The Hall–Kier alpha value is -1.82. The molecule has 0 heterocycles. The van der Waals surface area contributed by atoms with Gasteiger partial charge < -0.3 is 15.8 Å². The van der Waals surface area contributed by atoms with Crippen LogP contribution >= 0.6 is 0 Å². The van der Waals surface area contributed by atoms with Crippen molar-refractivity contribution in [1.82, 2.24) is 0 Å². The maximum absolute atomic E-state index is 10.8. The van der Waals surface area contributed by atoms with Gasteiger partial charge in [0.05, 0.1) is 12.0 Å². The van der Waals surface area contributed by atoms with Gasteiger partial charge in [0.2, 0.25) is 0 Å². The van der Waals surface area contributed by atoms with E-state index in [2.05, 4.69) is 12.2 Å². The summed E-state index contributed by atoms with van der Waals surface area (Å²) in [5.74, 6) is 0.251. The molecule has 19 heavy (non-hydrogen) atoms. The van der Waals surface area contributed by atoms with Gasteiger partial charge in [-0.2, -0.15) is 0 Å². The average Bonchev–Trinajstić information content (AvgIpc) is 2.42. The maximum Gasteiger partial charge on any atom is 0.311 e. The number of unbranched alkanes of at least 4 members (excludes halogenated alkanes) is 1. The van der Waals surface area contributed by atoms with Crippen LogP contribution in [0.1, 0.15) is 26.2 Å². The second-order valence-corrected chi connectivity index (χ2v) is 4.36. The minimum atomic E-state index is -0.458. The average molecular weight is 267 g/mol. The van der Waals surface area contributed by atoms with Crippen molar-refractivity contribution in [2.75, 3.05) is 19.0 Å². The third-order valence-corrected chi connectivity index (χ3v) is 2.94. The van der Waals surface area contributed by atoms with Gasteiger partial charge in [-0.15, -0.1) is 0 Å². The largest absolute Gasteiger partial charge is 0.490 e.